The maximum atomic E-state index is 12.4. The Morgan fingerprint density at radius 1 is 1.22 bits per heavy atom. The Morgan fingerprint density at radius 3 is 2.59 bits per heavy atom. The van der Waals surface area contributed by atoms with Crippen molar-refractivity contribution in [3.63, 3.8) is 0 Å². The predicted octanol–water partition coefficient (Wildman–Crippen LogP) is 5.23. The van der Waals surface area contributed by atoms with Gasteiger partial charge in [0, 0.05) is 41.0 Å². The molecular formula is C25H35N5OS. The number of H-pyrrole nitrogens is 1. The van der Waals surface area contributed by atoms with Gasteiger partial charge in [0.15, 0.2) is 0 Å². The minimum absolute atomic E-state index is 0.0478. The van der Waals surface area contributed by atoms with Crippen LogP contribution in [0.4, 0.5) is 0 Å². The quantitative estimate of drug-likeness (QED) is 0.555. The first-order chi connectivity index (χ1) is 15.3. The molecule has 1 fully saturated rings. The number of pyridine rings is 1. The maximum Gasteiger partial charge on any atom is 0.253 e. The molecule has 32 heavy (non-hydrogen) atoms. The van der Waals surface area contributed by atoms with Gasteiger partial charge in [-0.3, -0.25) is 9.89 Å². The van der Waals surface area contributed by atoms with Crippen LogP contribution in [-0.4, -0.2) is 44.3 Å². The summed E-state index contributed by atoms with van der Waals surface area (Å²) in [7, 11) is 1.81. The third-order valence-electron chi connectivity index (χ3n) is 6.84. The molecule has 0 atom stereocenters. The van der Waals surface area contributed by atoms with E-state index in [1.54, 1.807) is 15.9 Å². The zero-order chi connectivity index (χ0) is 23.0. The van der Waals surface area contributed by atoms with E-state index < -0.39 is 0 Å². The van der Waals surface area contributed by atoms with Gasteiger partial charge in [-0.1, -0.05) is 20.8 Å². The molecule has 7 heteroatoms. The first-order valence-electron chi connectivity index (χ1n) is 11.8. The van der Waals surface area contributed by atoms with Crippen molar-refractivity contribution in [1.82, 2.24) is 24.6 Å². The molecule has 172 valence electrons. The normalized spacial score (nSPS) is 15.7. The second-order valence-electron chi connectivity index (χ2n) is 9.41. The van der Waals surface area contributed by atoms with Crippen molar-refractivity contribution < 1.29 is 0 Å². The highest BCUT2D eigenvalue weighted by Gasteiger charge is 2.26. The van der Waals surface area contributed by atoms with Crippen LogP contribution in [0.2, 0.25) is 0 Å². The smallest absolute Gasteiger partial charge is 0.253 e. The number of nitrogens with zero attached hydrogens (tertiary/aromatic N) is 4. The van der Waals surface area contributed by atoms with Crippen LogP contribution in [0.15, 0.2) is 17.2 Å². The SMILES string of the molecule is CCCN1CCC(c2cnc(-c3n[nH]c(-c4cn(C)c(=O)c(C)c4C)c3C(C)C)s2)CC1. The molecule has 0 radical (unpaired) electrons. The Hall–Kier alpha value is -2.25. The molecule has 1 aliphatic rings. The van der Waals surface area contributed by atoms with Gasteiger partial charge in [0.2, 0.25) is 0 Å². The molecule has 4 rings (SSSR count). The molecule has 3 aromatic heterocycles. The van der Waals surface area contributed by atoms with Gasteiger partial charge in [-0.15, -0.1) is 11.3 Å². The van der Waals surface area contributed by atoms with E-state index in [-0.39, 0.29) is 11.5 Å². The molecule has 1 N–H and O–H groups in total. The summed E-state index contributed by atoms with van der Waals surface area (Å²) < 4.78 is 1.66. The lowest BCUT2D eigenvalue weighted by Gasteiger charge is -2.30. The van der Waals surface area contributed by atoms with Crippen LogP contribution in [0, 0.1) is 13.8 Å². The number of rotatable bonds is 6. The molecule has 0 amide bonds. The van der Waals surface area contributed by atoms with Gasteiger partial charge in [-0.05, 0) is 70.1 Å². The van der Waals surface area contributed by atoms with E-state index in [0.717, 1.165) is 33.1 Å². The summed E-state index contributed by atoms with van der Waals surface area (Å²) in [5.74, 6) is 0.879. The molecule has 0 saturated carbocycles. The zero-order valence-corrected chi connectivity index (χ0v) is 21.0. The van der Waals surface area contributed by atoms with Crippen molar-refractivity contribution in [2.24, 2.45) is 7.05 Å². The van der Waals surface area contributed by atoms with E-state index in [0.29, 0.717) is 5.92 Å². The van der Waals surface area contributed by atoms with Gasteiger partial charge in [-0.2, -0.15) is 5.10 Å². The van der Waals surface area contributed by atoms with Crippen LogP contribution in [0.25, 0.3) is 22.0 Å². The minimum Gasteiger partial charge on any atom is -0.318 e. The third kappa shape index (κ3) is 4.20. The highest BCUT2D eigenvalue weighted by Crippen LogP contribution is 2.40. The molecule has 1 aliphatic heterocycles. The summed E-state index contributed by atoms with van der Waals surface area (Å²) in [5.41, 5.74) is 5.98. The van der Waals surface area contributed by atoms with Crippen LogP contribution in [0.1, 0.15) is 73.4 Å². The van der Waals surface area contributed by atoms with Crippen molar-refractivity contribution in [2.45, 2.75) is 65.7 Å². The maximum absolute atomic E-state index is 12.4. The number of nitrogens with one attached hydrogen (secondary N) is 1. The Bertz CT molecular complexity index is 1150. The zero-order valence-electron chi connectivity index (χ0n) is 20.2. The largest absolute Gasteiger partial charge is 0.318 e. The standard InChI is InChI=1S/C25H35N5OS/c1-7-10-30-11-8-18(9-12-30)20-13-26-24(32-20)23-21(15(2)3)22(27-28-23)19-14-29(6)25(31)17(5)16(19)4/h13-15,18H,7-12H2,1-6H3,(H,27,28). The van der Waals surface area contributed by atoms with E-state index in [9.17, 15) is 4.79 Å². The van der Waals surface area contributed by atoms with E-state index in [4.69, 9.17) is 10.1 Å². The van der Waals surface area contributed by atoms with E-state index in [1.165, 1.54) is 49.3 Å². The van der Waals surface area contributed by atoms with Gasteiger partial charge in [0.25, 0.3) is 5.56 Å². The van der Waals surface area contributed by atoms with Crippen molar-refractivity contribution in [3.05, 3.63) is 44.3 Å². The second-order valence-corrected chi connectivity index (χ2v) is 10.5. The number of piperidine rings is 1. The summed E-state index contributed by atoms with van der Waals surface area (Å²) in [6.07, 6.45) is 7.64. The molecule has 3 aromatic rings. The fraction of sp³-hybridized carbons (Fsp3) is 0.560. The van der Waals surface area contributed by atoms with Gasteiger partial charge in [0.05, 0.1) is 5.69 Å². The Balaban J connectivity index is 1.67. The van der Waals surface area contributed by atoms with Gasteiger partial charge >= 0.3 is 0 Å². The lowest BCUT2D eigenvalue weighted by molar-refractivity contribution is 0.214. The van der Waals surface area contributed by atoms with Crippen molar-refractivity contribution >= 4 is 11.3 Å². The summed E-state index contributed by atoms with van der Waals surface area (Å²) in [6.45, 7) is 14.1. The Labute approximate surface area is 194 Å². The predicted molar refractivity (Wildman–Crippen MR) is 133 cm³/mol. The average molecular weight is 454 g/mol. The first kappa shape index (κ1) is 22.9. The topological polar surface area (TPSA) is 66.8 Å². The highest BCUT2D eigenvalue weighted by atomic mass is 32.1. The van der Waals surface area contributed by atoms with Crippen LogP contribution in [0.5, 0.6) is 0 Å². The Morgan fingerprint density at radius 2 is 1.94 bits per heavy atom. The van der Waals surface area contributed by atoms with Crippen molar-refractivity contribution in [1.29, 1.82) is 0 Å². The molecule has 4 heterocycles. The minimum atomic E-state index is 0.0478. The second kappa shape index (κ2) is 9.32. The molecule has 0 bridgehead atoms. The number of aromatic nitrogens is 4. The lowest BCUT2D eigenvalue weighted by Crippen LogP contribution is -2.33. The van der Waals surface area contributed by atoms with E-state index in [2.05, 4.69) is 37.0 Å². The molecule has 6 nitrogen and oxygen atoms in total. The summed E-state index contributed by atoms with van der Waals surface area (Å²) in [4.78, 5) is 21.1. The van der Waals surface area contributed by atoms with Crippen molar-refractivity contribution in [2.75, 3.05) is 19.6 Å². The number of thiazole rings is 1. The van der Waals surface area contributed by atoms with Gasteiger partial charge in [-0.25, -0.2) is 4.98 Å². The van der Waals surface area contributed by atoms with Crippen LogP contribution in [-0.2, 0) is 7.05 Å². The number of hydrogen-bond acceptors (Lipinski definition) is 5. The van der Waals surface area contributed by atoms with E-state index >= 15 is 0 Å². The fourth-order valence-corrected chi connectivity index (χ4v) is 5.94. The summed E-state index contributed by atoms with van der Waals surface area (Å²) in [5, 5.41) is 9.00. The Kier molecular flexibility index (Phi) is 6.67. The van der Waals surface area contributed by atoms with E-state index in [1.807, 2.05) is 27.1 Å². The molecule has 1 saturated heterocycles. The summed E-state index contributed by atoms with van der Waals surface area (Å²) >= 11 is 1.79. The molecule has 0 aromatic carbocycles. The third-order valence-corrected chi connectivity index (χ3v) is 8.00. The van der Waals surface area contributed by atoms with Crippen LogP contribution >= 0.6 is 11.3 Å². The molecular weight excluding hydrogens is 418 g/mol. The fourth-order valence-electron chi connectivity index (χ4n) is 4.85. The van der Waals surface area contributed by atoms with Gasteiger partial charge in [0.1, 0.15) is 10.7 Å². The molecule has 0 aliphatic carbocycles. The molecule has 0 unspecified atom stereocenters. The van der Waals surface area contributed by atoms with Crippen LogP contribution in [0.3, 0.4) is 0 Å². The van der Waals surface area contributed by atoms with Crippen LogP contribution < -0.4 is 5.56 Å². The first-order valence-corrected chi connectivity index (χ1v) is 12.6. The molecule has 0 spiro atoms. The number of aryl methyl sites for hydroxylation is 1. The number of likely N-dealkylation sites (tertiary alicyclic amines) is 1. The highest BCUT2D eigenvalue weighted by molar-refractivity contribution is 7.15. The average Bonchev–Trinajstić information content (AvgIpc) is 3.43. The van der Waals surface area contributed by atoms with Gasteiger partial charge < -0.3 is 9.47 Å². The monoisotopic (exact) mass is 453 g/mol. The summed E-state index contributed by atoms with van der Waals surface area (Å²) in [6, 6.07) is 0. The lowest BCUT2D eigenvalue weighted by atomic mass is 9.94. The number of aromatic amines is 1. The van der Waals surface area contributed by atoms with Crippen molar-refractivity contribution in [3.8, 4) is 22.0 Å². The number of hydrogen-bond donors (Lipinski definition) is 1.